The molecule has 1 aliphatic rings. The van der Waals surface area contributed by atoms with Crippen LogP contribution in [0.5, 0.6) is 5.75 Å². The standard InChI is InChI=1S/C19H22N2O2/c1-4-13-5-7-18(21-12-13)19(23-3)15-9-10-20-17-8-6-14(22-2)11-16(15)17/h4,6,8-12,18-19,21H,1,5,7H2,2-3H3/t18-,19+/m0/s1. The Morgan fingerprint density at radius 3 is 2.87 bits per heavy atom. The number of hydrogen-bond acceptors (Lipinski definition) is 4. The van der Waals surface area contributed by atoms with Gasteiger partial charge in [0.05, 0.1) is 18.7 Å². The van der Waals surface area contributed by atoms with E-state index in [1.54, 1.807) is 14.2 Å². The summed E-state index contributed by atoms with van der Waals surface area (Å²) in [6, 6.07) is 8.19. The summed E-state index contributed by atoms with van der Waals surface area (Å²) >= 11 is 0. The van der Waals surface area contributed by atoms with Gasteiger partial charge < -0.3 is 14.8 Å². The Kier molecular flexibility index (Phi) is 4.63. The second kappa shape index (κ2) is 6.84. The van der Waals surface area contributed by atoms with E-state index in [0.29, 0.717) is 0 Å². The van der Waals surface area contributed by atoms with Gasteiger partial charge in [-0.1, -0.05) is 12.7 Å². The molecule has 2 heterocycles. The summed E-state index contributed by atoms with van der Waals surface area (Å²) in [5, 5.41) is 4.52. The number of nitrogens with zero attached hydrogens (tertiary/aromatic N) is 1. The van der Waals surface area contributed by atoms with E-state index in [9.17, 15) is 0 Å². The number of allylic oxidation sites excluding steroid dienone is 2. The summed E-state index contributed by atoms with van der Waals surface area (Å²) in [5.74, 6) is 0.826. The number of methoxy groups -OCH3 is 2. The molecule has 0 amide bonds. The van der Waals surface area contributed by atoms with Gasteiger partial charge in [-0.15, -0.1) is 0 Å². The molecule has 0 saturated carbocycles. The van der Waals surface area contributed by atoms with Crippen molar-refractivity contribution in [1.29, 1.82) is 0 Å². The normalized spacial score (nSPS) is 18.9. The fourth-order valence-electron chi connectivity index (χ4n) is 3.12. The van der Waals surface area contributed by atoms with Crippen LogP contribution in [-0.2, 0) is 4.74 Å². The van der Waals surface area contributed by atoms with Crippen molar-refractivity contribution in [3.8, 4) is 5.75 Å². The highest BCUT2D eigenvalue weighted by Crippen LogP contribution is 2.32. The van der Waals surface area contributed by atoms with E-state index in [1.807, 2.05) is 42.7 Å². The number of hydrogen-bond donors (Lipinski definition) is 1. The summed E-state index contributed by atoms with van der Waals surface area (Å²) in [6.07, 6.45) is 7.74. The molecule has 0 fully saturated rings. The number of rotatable bonds is 5. The smallest absolute Gasteiger partial charge is 0.119 e. The average molecular weight is 310 g/mol. The van der Waals surface area contributed by atoms with E-state index in [4.69, 9.17) is 9.47 Å². The molecule has 4 heteroatoms. The van der Waals surface area contributed by atoms with E-state index >= 15 is 0 Å². The molecular weight excluding hydrogens is 288 g/mol. The van der Waals surface area contributed by atoms with Crippen LogP contribution < -0.4 is 10.1 Å². The zero-order chi connectivity index (χ0) is 16.2. The predicted octanol–water partition coefficient (Wildman–Crippen LogP) is 3.75. The van der Waals surface area contributed by atoms with Crippen LogP contribution in [0, 0.1) is 0 Å². The molecule has 0 spiro atoms. The van der Waals surface area contributed by atoms with Crippen LogP contribution in [0.1, 0.15) is 24.5 Å². The molecule has 1 aliphatic heterocycles. The SMILES string of the molecule is C=CC1=CN[C@H]([C@H](OC)c2ccnc3ccc(OC)cc23)CC1. The van der Waals surface area contributed by atoms with Crippen LogP contribution in [0.3, 0.4) is 0 Å². The van der Waals surface area contributed by atoms with Crippen LogP contribution in [0.15, 0.2) is 54.9 Å². The van der Waals surface area contributed by atoms with E-state index in [0.717, 1.165) is 35.1 Å². The maximum atomic E-state index is 5.84. The van der Waals surface area contributed by atoms with Crippen molar-refractivity contribution in [2.75, 3.05) is 14.2 Å². The second-order valence-electron chi connectivity index (χ2n) is 5.67. The van der Waals surface area contributed by atoms with Crippen molar-refractivity contribution >= 4 is 10.9 Å². The molecule has 1 N–H and O–H groups in total. The lowest BCUT2D eigenvalue weighted by atomic mass is 9.92. The third kappa shape index (κ3) is 3.08. The number of nitrogens with one attached hydrogen (secondary N) is 1. The second-order valence-corrected chi connectivity index (χ2v) is 5.67. The molecule has 4 nitrogen and oxygen atoms in total. The molecular formula is C19H22N2O2. The summed E-state index contributed by atoms with van der Waals surface area (Å²) < 4.78 is 11.2. The Balaban J connectivity index is 1.99. The van der Waals surface area contributed by atoms with Crippen LogP contribution in [0.4, 0.5) is 0 Å². The lowest BCUT2D eigenvalue weighted by Gasteiger charge is -2.30. The maximum absolute atomic E-state index is 5.84. The average Bonchev–Trinajstić information content (AvgIpc) is 2.62. The topological polar surface area (TPSA) is 43.4 Å². The number of aromatic nitrogens is 1. The van der Waals surface area contributed by atoms with Gasteiger partial charge in [-0.25, -0.2) is 0 Å². The molecule has 0 unspecified atom stereocenters. The molecule has 2 atom stereocenters. The molecule has 23 heavy (non-hydrogen) atoms. The van der Waals surface area contributed by atoms with Crippen LogP contribution in [0.2, 0.25) is 0 Å². The molecule has 0 saturated heterocycles. The summed E-state index contributed by atoms with van der Waals surface area (Å²) in [4.78, 5) is 4.45. The Hall–Kier alpha value is -2.33. The number of benzene rings is 1. The van der Waals surface area contributed by atoms with E-state index in [-0.39, 0.29) is 12.1 Å². The van der Waals surface area contributed by atoms with E-state index < -0.39 is 0 Å². The Bertz CT molecular complexity index is 739. The van der Waals surface area contributed by atoms with Gasteiger partial charge in [-0.3, -0.25) is 4.98 Å². The molecule has 0 aliphatic carbocycles. The lowest BCUT2D eigenvalue weighted by molar-refractivity contribution is 0.0689. The highest BCUT2D eigenvalue weighted by molar-refractivity contribution is 5.84. The molecule has 1 aromatic carbocycles. The Morgan fingerprint density at radius 1 is 1.35 bits per heavy atom. The monoisotopic (exact) mass is 310 g/mol. The number of ether oxygens (including phenoxy) is 2. The molecule has 0 bridgehead atoms. The minimum atomic E-state index is -0.0461. The van der Waals surface area contributed by atoms with Gasteiger partial charge in [0.2, 0.25) is 0 Å². The summed E-state index contributed by atoms with van der Waals surface area (Å²) in [6.45, 7) is 3.83. The minimum Gasteiger partial charge on any atom is -0.497 e. The molecule has 120 valence electrons. The zero-order valence-electron chi connectivity index (χ0n) is 13.6. The molecule has 0 radical (unpaired) electrons. The van der Waals surface area contributed by atoms with Crippen LogP contribution in [0.25, 0.3) is 10.9 Å². The van der Waals surface area contributed by atoms with E-state index in [2.05, 4.69) is 16.9 Å². The third-order valence-corrected chi connectivity index (χ3v) is 4.40. The Morgan fingerprint density at radius 2 is 2.22 bits per heavy atom. The maximum Gasteiger partial charge on any atom is 0.119 e. The minimum absolute atomic E-state index is 0.0461. The van der Waals surface area contributed by atoms with Gasteiger partial charge in [0.15, 0.2) is 0 Å². The van der Waals surface area contributed by atoms with Crippen molar-refractivity contribution in [2.24, 2.45) is 0 Å². The summed E-state index contributed by atoms with van der Waals surface area (Å²) in [5.41, 5.74) is 3.31. The largest absolute Gasteiger partial charge is 0.497 e. The van der Waals surface area contributed by atoms with Gasteiger partial charge in [-0.2, -0.15) is 0 Å². The first kappa shape index (κ1) is 15.6. The van der Waals surface area contributed by atoms with Crippen molar-refractivity contribution in [3.63, 3.8) is 0 Å². The fourth-order valence-corrected chi connectivity index (χ4v) is 3.12. The molecule has 1 aromatic heterocycles. The van der Waals surface area contributed by atoms with Crippen molar-refractivity contribution < 1.29 is 9.47 Å². The molecule has 3 rings (SSSR count). The first-order valence-corrected chi connectivity index (χ1v) is 7.79. The van der Waals surface area contributed by atoms with Gasteiger partial charge in [-0.05, 0) is 54.4 Å². The zero-order valence-corrected chi connectivity index (χ0v) is 13.6. The third-order valence-electron chi connectivity index (χ3n) is 4.40. The highest BCUT2D eigenvalue weighted by Gasteiger charge is 2.26. The van der Waals surface area contributed by atoms with Gasteiger partial charge in [0.1, 0.15) is 11.9 Å². The van der Waals surface area contributed by atoms with Crippen molar-refractivity contribution in [3.05, 3.63) is 60.5 Å². The highest BCUT2D eigenvalue weighted by atomic mass is 16.5. The van der Waals surface area contributed by atoms with Gasteiger partial charge in [0.25, 0.3) is 0 Å². The first-order chi connectivity index (χ1) is 11.3. The van der Waals surface area contributed by atoms with Crippen LogP contribution >= 0.6 is 0 Å². The first-order valence-electron chi connectivity index (χ1n) is 7.79. The Labute approximate surface area is 136 Å². The number of pyridine rings is 1. The lowest BCUT2D eigenvalue weighted by Crippen LogP contribution is -2.35. The van der Waals surface area contributed by atoms with E-state index in [1.165, 1.54) is 5.57 Å². The fraction of sp³-hybridized carbons (Fsp3) is 0.316. The quantitative estimate of drug-likeness (QED) is 0.913. The van der Waals surface area contributed by atoms with Crippen molar-refractivity contribution in [1.82, 2.24) is 10.3 Å². The van der Waals surface area contributed by atoms with Gasteiger partial charge >= 0.3 is 0 Å². The molecule has 2 aromatic rings. The predicted molar refractivity (Wildman–Crippen MR) is 92.5 cm³/mol. The number of fused-ring (bicyclic) bond motifs is 1. The van der Waals surface area contributed by atoms with Gasteiger partial charge in [0, 0.05) is 18.7 Å². The van der Waals surface area contributed by atoms with Crippen molar-refractivity contribution in [2.45, 2.75) is 25.0 Å². The summed E-state index contributed by atoms with van der Waals surface area (Å²) in [7, 11) is 3.43. The van der Waals surface area contributed by atoms with Crippen LogP contribution in [-0.4, -0.2) is 25.2 Å².